The molecule has 2 fully saturated rings. The van der Waals surface area contributed by atoms with E-state index in [-0.39, 0.29) is 42.4 Å². The SMILES string of the molecule is CCNC(=NCc1cccc(OCC)c1OC(F)F)NCC1CN2CCCC2CO1.I. The Hall–Kier alpha value is -1.40. The number of para-hydroxylation sites is 1. The van der Waals surface area contributed by atoms with Gasteiger partial charge in [-0.15, -0.1) is 24.0 Å². The molecule has 0 amide bonds. The molecule has 0 aliphatic carbocycles. The number of fused-ring (bicyclic) bond motifs is 1. The molecule has 3 rings (SSSR count). The fourth-order valence-electron chi connectivity index (χ4n) is 3.90. The molecule has 2 aliphatic heterocycles. The lowest BCUT2D eigenvalue weighted by Crippen LogP contribution is -2.51. The van der Waals surface area contributed by atoms with Gasteiger partial charge in [-0.05, 0) is 39.3 Å². The summed E-state index contributed by atoms with van der Waals surface area (Å²) in [6.07, 6.45) is 2.55. The first-order chi connectivity index (χ1) is 14.6. The number of hydrogen-bond donors (Lipinski definition) is 2. The van der Waals surface area contributed by atoms with Crippen LogP contribution in [0.5, 0.6) is 11.5 Å². The Morgan fingerprint density at radius 1 is 1.32 bits per heavy atom. The number of aliphatic imine (C=N–C) groups is 1. The van der Waals surface area contributed by atoms with Crippen molar-refractivity contribution in [1.82, 2.24) is 15.5 Å². The number of benzene rings is 1. The maximum absolute atomic E-state index is 12.9. The molecule has 0 bridgehead atoms. The fourth-order valence-corrected chi connectivity index (χ4v) is 3.90. The third-order valence-electron chi connectivity index (χ3n) is 5.28. The molecule has 2 saturated heterocycles. The topological polar surface area (TPSA) is 67.4 Å². The van der Waals surface area contributed by atoms with E-state index < -0.39 is 6.61 Å². The van der Waals surface area contributed by atoms with Gasteiger partial charge in [-0.25, -0.2) is 4.99 Å². The average Bonchev–Trinajstić information content (AvgIpc) is 3.19. The second-order valence-electron chi connectivity index (χ2n) is 7.38. The molecule has 2 N–H and O–H groups in total. The van der Waals surface area contributed by atoms with Crippen molar-refractivity contribution in [3.8, 4) is 11.5 Å². The van der Waals surface area contributed by atoms with Crippen LogP contribution in [0.1, 0.15) is 32.3 Å². The summed E-state index contributed by atoms with van der Waals surface area (Å²) in [4.78, 5) is 7.04. The van der Waals surface area contributed by atoms with E-state index in [1.165, 1.54) is 12.8 Å². The fraction of sp³-hybridized carbons (Fsp3) is 0.667. The first-order valence-electron chi connectivity index (χ1n) is 10.7. The molecule has 0 spiro atoms. The van der Waals surface area contributed by atoms with Crippen LogP contribution in [0, 0.1) is 0 Å². The van der Waals surface area contributed by atoms with Gasteiger partial charge < -0.3 is 24.8 Å². The van der Waals surface area contributed by atoms with E-state index in [1.807, 2.05) is 6.92 Å². The second kappa shape index (κ2) is 13.2. The molecule has 1 aromatic rings. The highest BCUT2D eigenvalue weighted by atomic mass is 127. The molecule has 2 atom stereocenters. The van der Waals surface area contributed by atoms with Crippen LogP contribution in [0.25, 0.3) is 0 Å². The summed E-state index contributed by atoms with van der Waals surface area (Å²) in [5.74, 6) is 0.929. The van der Waals surface area contributed by atoms with Crippen LogP contribution in [-0.4, -0.2) is 69.0 Å². The van der Waals surface area contributed by atoms with E-state index in [1.54, 1.807) is 25.1 Å². The number of morpholine rings is 1. The van der Waals surface area contributed by atoms with Crippen molar-refractivity contribution in [3.63, 3.8) is 0 Å². The largest absolute Gasteiger partial charge is 0.490 e. The van der Waals surface area contributed by atoms with Crippen LogP contribution in [-0.2, 0) is 11.3 Å². The van der Waals surface area contributed by atoms with Crippen molar-refractivity contribution in [3.05, 3.63) is 23.8 Å². The normalized spacial score (nSPS) is 21.4. The zero-order valence-corrected chi connectivity index (χ0v) is 20.4. The number of alkyl halides is 2. The molecular formula is C21H33F2IN4O3. The van der Waals surface area contributed by atoms with Crippen LogP contribution >= 0.6 is 24.0 Å². The Balaban J connectivity index is 0.00000341. The van der Waals surface area contributed by atoms with Gasteiger partial charge >= 0.3 is 6.61 Å². The van der Waals surface area contributed by atoms with E-state index in [4.69, 9.17) is 14.2 Å². The first-order valence-corrected chi connectivity index (χ1v) is 10.7. The maximum atomic E-state index is 12.9. The highest BCUT2D eigenvalue weighted by Gasteiger charge is 2.32. The predicted octanol–water partition coefficient (Wildman–Crippen LogP) is 3.22. The molecule has 1 aromatic carbocycles. The van der Waals surface area contributed by atoms with Gasteiger partial charge in [0.25, 0.3) is 0 Å². The van der Waals surface area contributed by atoms with E-state index in [2.05, 4.69) is 20.5 Å². The second-order valence-corrected chi connectivity index (χ2v) is 7.38. The Labute approximate surface area is 199 Å². The summed E-state index contributed by atoms with van der Waals surface area (Å²) in [5, 5.41) is 6.50. The molecule has 2 heterocycles. The van der Waals surface area contributed by atoms with Gasteiger partial charge in [0.2, 0.25) is 0 Å². The van der Waals surface area contributed by atoms with Crippen molar-refractivity contribution >= 4 is 29.9 Å². The van der Waals surface area contributed by atoms with Crippen molar-refractivity contribution in [1.29, 1.82) is 0 Å². The van der Waals surface area contributed by atoms with Gasteiger partial charge in [-0.3, -0.25) is 4.90 Å². The molecule has 176 valence electrons. The molecule has 0 saturated carbocycles. The zero-order valence-electron chi connectivity index (χ0n) is 18.1. The molecule has 0 aromatic heterocycles. The first kappa shape index (κ1) is 25.9. The zero-order chi connectivity index (χ0) is 21.3. The third-order valence-corrected chi connectivity index (χ3v) is 5.28. The minimum absolute atomic E-state index is 0. The summed E-state index contributed by atoms with van der Waals surface area (Å²) >= 11 is 0. The molecule has 2 aliphatic rings. The molecule has 2 unspecified atom stereocenters. The Morgan fingerprint density at radius 2 is 2.16 bits per heavy atom. The summed E-state index contributed by atoms with van der Waals surface area (Å²) in [6, 6.07) is 5.64. The van der Waals surface area contributed by atoms with Gasteiger partial charge in [0, 0.05) is 31.2 Å². The van der Waals surface area contributed by atoms with Gasteiger partial charge in [0.05, 0.1) is 25.9 Å². The Bertz CT molecular complexity index is 711. The molecule has 0 radical (unpaired) electrons. The number of guanidine groups is 1. The smallest absolute Gasteiger partial charge is 0.387 e. The van der Waals surface area contributed by atoms with Crippen LogP contribution in [0.2, 0.25) is 0 Å². The molecule has 7 nitrogen and oxygen atoms in total. The van der Waals surface area contributed by atoms with Crippen molar-refractivity contribution in [2.75, 3.05) is 39.4 Å². The van der Waals surface area contributed by atoms with Crippen LogP contribution < -0.4 is 20.1 Å². The van der Waals surface area contributed by atoms with Crippen LogP contribution in [0.4, 0.5) is 8.78 Å². The van der Waals surface area contributed by atoms with Gasteiger partial charge in [-0.1, -0.05) is 12.1 Å². The average molecular weight is 554 g/mol. The lowest BCUT2D eigenvalue weighted by molar-refractivity contribution is -0.0520. The highest BCUT2D eigenvalue weighted by molar-refractivity contribution is 14.0. The third kappa shape index (κ3) is 7.60. The molecule has 31 heavy (non-hydrogen) atoms. The monoisotopic (exact) mass is 554 g/mol. The minimum Gasteiger partial charge on any atom is -0.490 e. The lowest BCUT2D eigenvalue weighted by Gasteiger charge is -2.35. The van der Waals surface area contributed by atoms with E-state index in [0.717, 1.165) is 19.7 Å². The van der Waals surface area contributed by atoms with E-state index >= 15 is 0 Å². The molecular weight excluding hydrogens is 521 g/mol. The number of ether oxygens (including phenoxy) is 3. The summed E-state index contributed by atoms with van der Waals surface area (Å²) in [5.41, 5.74) is 0.535. The van der Waals surface area contributed by atoms with Gasteiger partial charge in [-0.2, -0.15) is 8.78 Å². The summed E-state index contributed by atoms with van der Waals surface area (Å²) < 4.78 is 41.9. The quantitative estimate of drug-likeness (QED) is 0.278. The summed E-state index contributed by atoms with van der Waals surface area (Å²) in [6.45, 7) is 5.53. The predicted molar refractivity (Wildman–Crippen MR) is 127 cm³/mol. The number of hydrogen-bond acceptors (Lipinski definition) is 5. The Kier molecular flexibility index (Phi) is 11.0. The number of rotatable bonds is 9. The lowest BCUT2D eigenvalue weighted by atomic mass is 10.2. The van der Waals surface area contributed by atoms with Crippen molar-refractivity contribution in [2.45, 2.75) is 52.0 Å². The van der Waals surface area contributed by atoms with Crippen LogP contribution in [0.15, 0.2) is 23.2 Å². The number of nitrogens with one attached hydrogen (secondary N) is 2. The van der Waals surface area contributed by atoms with E-state index in [9.17, 15) is 8.78 Å². The van der Waals surface area contributed by atoms with E-state index in [0.29, 0.717) is 43.0 Å². The van der Waals surface area contributed by atoms with Gasteiger partial charge in [0.15, 0.2) is 17.5 Å². The van der Waals surface area contributed by atoms with Crippen LogP contribution in [0.3, 0.4) is 0 Å². The summed E-state index contributed by atoms with van der Waals surface area (Å²) in [7, 11) is 0. The standard InChI is InChI=1S/C21H32F2N4O3.HI/c1-3-24-21(26-12-17-13-27-10-6-8-16(27)14-29-17)25-11-15-7-5-9-18(28-4-2)19(15)30-20(22)23;/h5,7,9,16-17,20H,3-4,6,8,10-14H2,1-2H3,(H2,24,25,26);1H. The van der Waals surface area contributed by atoms with Gasteiger partial charge in [0.1, 0.15) is 0 Å². The maximum Gasteiger partial charge on any atom is 0.387 e. The number of nitrogens with zero attached hydrogens (tertiary/aromatic N) is 2. The number of halogens is 3. The minimum atomic E-state index is -2.93. The Morgan fingerprint density at radius 3 is 2.90 bits per heavy atom. The van der Waals surface area contributed by atoms with Crippen molar-refractivity contribution < 1.29 is 23.0 Å². The van der Waals surface area contributed by atoms with Crippen molar-refractivity contribution in [2.24, 2.45) is 4.99 Å². The highest BCUT2D eigenvalue weighted by Crippen LogP contribution is 2.33. The molecule has 10 heteroatoms.